The molecule has 2 N–H and O–H groups in total. The Morgan fingerprint density at radius 1 is 1.29 bits per heavy atom. The zero-order valence-electron chi connectivity index (χ0n) is 11.7. The van der Waals surface area contributed by atoms with Gasteiger partial charge < -0.3 is 15.5 Å². The van der Waals surface area contributed by atoms with Crippen LogP contribution in [0.3, 0.4) is 0 Å². The van der Waals surface area contributed by atoms with Gasteiger partial charge in [-0.05, 0) is 18.3 Å². The molecule has 1 aliphatic rings. The quantitative estimate of drug-likeness (QED) is 0.737. The fraction of sp³-hybridized carbons (Fsp3) is 0.923. The maximum absolute atomic E-state index is 11.3. The van der Waals surface area contributed by atoms with Gasteiger partial charge in [0, 0.05) is 33.2 Å². The van der Waals surface area contributed by atoms with Gasteiger partial charge in [-0.1, -0.05) is 26.7 Å². The fourth-order valence-corrected chi connectivity index (χ4v) is 2.45. The molecule has 0 spiro atoms. The number of carbonyl (C=O) groups is 1. The Hall–Kier alpha value is -0.770. The first kappa shape index (κ1) is 14.3. The lowest BCUT2D eigenvalue weighted by molar-refractivity contribution is 0.168. The van der Waals surface area contributed by atoms with Crippen LogP contribution in [-0.4, -0.2) is 44.2 Å². The lowest BCUT2D eigenvalue weighted by Crippen LogP contribution is -2.47. The van der Waals surface area contributed by atoms with E-state index in [4.69, 9.17) is 0 Å². The summed E-state index contributed by atoms with van der Waals surface area (Å²) in [5.41, 5.74) is 0.393. The van der Waals surface area contributed by atoms with Crippen LogP contribution in [0.2, 0.25) is 0 Å². The Bertz CT molecular complexity index is 251. The Kier molecular flexibility index (Phi) is 5.25. The van der Waals surface area contributed by atoms with Gasteiger partial charge in [0.15, 0.2) is 0 Å². The van der Waals surface area contributed by atoms with Gasteiger partial charge in [-0.25, -0.2) is 4.79 Å². The molecule has 17 heavy (non-hydrogen) atoms. The zero-order chi connectivity index (χ0) is 12.9. The molecule has 1 saturated carbocycles. The van der Waals surface area contributed by atoms with Crippen LogP contribution in [-0.2, 0) is 0 Å². The fourth-order valence-electron chi connectivity index (χ4n) is 2.45. The van der Waals surface area contributed by atoms with Gasteiger partial charge in [-0.15, -0.1) is 0 Å². The van der Waals surface area contributed by atoms with Crippen molar-refractivity contribution in [3.05, 3.63) is 0 Å². The summed E-state index contributed by atoms with van der Waals surface area (Å²) in [5.74, 6) is 0. The van der Waals surface area contributed by atoms with Crippen LogP contribution in [0.25, 0.3) is 0 Å². The second-order valence-electron chi connectivity index (χ2n) is 5.87. The summed E-state index contributed by atoms with van der Waals surface area (Å²) in [7, 11) is 3.51. The van der Waals surface area contributed by atoms with Crippen LogP contribution in [0, 0.1) is 5.41 Å². The lowest BCUT2D eigenvalue weighted by Gasteiger charge is -2.39. The Balaban J connectivity index is 2.19. The number of urea groups is 1. The van der Waals surface area contributed by atoms with Crippen LogP contribution in [0.5, 0.6) is 0 Å². The molecule has 4 nitrogen and oxygen atoms in total. The van der Waals surface area contributed by atoms with Gasteiger partial charge >= 0.3 is 6.03 Å². The van der Waals surface area contributed by atoms with Crippen molar-refractivity contribution in [2.75, 3.05) is 27.2 Å². The van der Waals surface area contributed by atoms with E-state index >= 15 is 0 Å². The van der Waals surface area contributed by atoms with Crippen LogP contribution in [0.4, 0.5) is 4.79 Å². The van der Waals surface area contributed by atoms with Crippen molar-refractivity contribution < 1.29 is 4.79 Å². The van der Waals surface area contributed by atoms with Crippen molar-refractivity contribution in [2.45, 2.75) is 45.6 Å². The molecule has 2 amide bonds. The van der Waals surface area contributed by atoms with Crippen molar-refractivity contribution in [1.82, 2.24) is 15.5 Å². The highest BCUT2D eigenvalue weighted by Crippen LogP contribution is 2.35. The molecule has 1 atom stereocenters. The van der Waals surface area contributed by atoms with E-state index in [1.54, 1.807) is 19.0 Å². The van der Waals surface area contributed by atoms with E-state index in [0.29, 0.717) is 18.0 Å². The van der Waals surface area contributed by atoms with Gasteiger partial charge in [0.1, 0.15) is 0 Å². The Morgan fingerprint density at radius 2 is 2.00 bits per heavy atom. The highest BCUT2D eigenvalue weighted by molar-refractivity contribution is 5.73. The molecule has 100 valence electrons. The minimum atomic E-state index is -0.0188. The molecule has 0 saturated heterocycles. The predicted molar refractivity (Wildman–Crippen MR) is 71.1 cm³/mol. The predicted octanol–water partition coefficient (Wildman–Crippen LogP) is 1.82. The highest BCUT2D eigenvalue weighted by atomic mass is 16.2. The Morgan fingerprint density at radius 3 is 2.59 bits per heavy atom. The van der Waals surface area contributed by atoms with E-state index in [-0.39, 0.29) is 6.03 Å². The molecule has 1 fully saturated rings. The summed E-state index contributed by atoms with van der Waals surface area (Å²) in [4.78, 5) is 12.9. The molecule has 0 radical (unpaired) electrons. The van der Waals surface area contributed by atoms with Crippen LogP contribution >= 0.6 is 0 Å². The van der Waals surface area contributed by atoms with Crippen LogP contribution in [0.1, 0.15) is 39.5 Å². The maximum atomic E-state index is 11.3. The molecule has 0 aromatic heterocycles. The SMILES string of the molecule is CN(C)C(=O)NCCNC1CCCCC1(C)C. The molecule has 4 heteroatoms. The van der Waals surface area contributed by atoms with E-state index in [1.807, 2.05) is 0 Å². The average molecular weight is 241 g/mol. The summed E-state index contributed by atoms with van der Waals surface area (Å²) in [5, 5.41) is 6.45. The monoisotopic (exact) mass is 241 g/mol. The van der Waals surface area contributed by atoms with Gasteiger partial charge in [0.25, 0.3) is 0 Å². The average Bonchev–Trinajstić information content (AvgIpc) is 2.25. The third-order valence-corrected chi connectivity index (χ3v) is 3.71. The topological polar surface area (TPSA) is 44.4 Å². The standard InChI is InChI=1S/C13H27N3O/c1-13(2)8-6-5-7-11(13)14-9-10-15-12(17)16(3)4/h11,14H,5-10H2,1-4H3,(H,15,17). The number of carbonyl (C=O) groups excluding carboxylic acids is 1. The van der Waals surface area contributed by atoms with Crippen molar-refractivity contribution in [2.24, 2.45) is 5.41 Å². The number of hydrogen-bond donors (Lipinski definition) is 2. The third kappa shape index (κ3) is 4.54. The summed E-state index contributed by atoms with van der Waals surface area (Å²) >= 11 is 0. The molecular weight excluding hydrogens is 214 g/mol. The normalized spacial score (nSPS) is 23.2. The lowest BCUT2D eigenvalue weighted by atomic mass is 9.73. The summed E-state index contributed by atoms with van der Waals surface area (Å²) in [6.07, 6.45) is 5.23. The summed E-state index contributed by atoms with van der Waals surface area (Å²) < 4.78 is 0. The first-order valence-corrected chi connectivity index (χ1v) is 6.62. The van der Waals surface area contributed by atoms with Crippen molar-refractivity contribution in [3.8, 4) is 0 Å². The molecule has 0 aliphatic heterocycles. The number of nitrogens with one attached hydrogen (secondary N) is 2. The zero-order valence-corrected chi connectivity index (χ0v) is 11.7. The maximum Gasteiger partial charge on any atom is 0.316 e. The number of amides is 2. The van der Waals surface area contributed by atoms with Crippen molar-refractivity contribution in [1.29, 1.82) is 0 Å². The molecule has 1 rings (SSSR count). The molecule has 0 aromatic carbocycles. The van der Waals surface area contributed by atoms with E-state index in [0.717, 1.165) is 6.54 Å². The van der Waals surface area contributed by atoms with Gasteiger partial charge in [0.05, 0.1) is 0 Å². The van der Waals surface area contributed by atoms with E-state index in [1.165, 1.54) is 25.7 Å². The van der Waals surface area contributed by atoms with Crippen molar-refractivity contribution in [3.63, 3.8) is 0 Å². The van der Waals surface area contributed by atoms with E-state index in [2.05, 4.69) is 24.5 Å². The largest absolute Gasteiger partial charge is 0.337 e. The third-order valence-electron chi connectivity index (χ3n) is 3.71. The first-order chi connectivity index (χ1) is 7.93. The van der Waals surface area contributed by atoms with Gasteiger partial charge in [-0.3, -0.25) is 0 Å². The Labute approximate surface area is 105 Å². The smallest absolute Gasteiger partial charge is 0.316 e. The van der Waals surface area contributed by atoms with Gasteiger partial charge in [0.2, 0.25) is 0 Å². The van der Waals surface area contributed by atoms with Crippen LogP contribution < -0.4 is 10.6 Å². The molecule has 1 unspecified atom stereocenters. The van der Waals surface area contributed by atoms with Crippen molar-refractivity contribution >= 4 is 6.03 Å². The van der Waals surface area contributed by atoms with E-state index < -0.39 is 0 Å². The molecule has 0 aromatic rings. The molecule has 1 aliphatic carbocycles. The molecule has 0 heterocycles. The number of nitrogens with zero attached hydrogens (tertiary/aromatic N) is 1. The molecule has 0 bridgehead atoms. The van der Waals surface area contributed by atoms with Gasteiger partial charge in [-0.2, -0.15) is 0 Å². The summed E-state index contributed by atoms with van der Waals surface area (Å²) in [6.45, 7) is 6.22. The highest BCUT2D eigenvalue weighted by Gasteiger charge is 2.31. The summed E-state index contributed by atoms with van der Waals surface area (Å²) in [6, 6.07) is 0.571. The molecular formula is C13H27N3O. The minimum Gasteiger partial charge on any atom is -0.337 e. The number of rotatable bonds is 4. The van der Waals surface area contributed by atoms with E-state index in [9.17, 15) is 4.79 Å². The van der Waals surface area contributed by atoms with Crippen LogP contribution in [0.15, 0.2) is 0 Å². The number of hydrogen-bond acceptors (Lipinski definition) is 2. The second kappa shape index (κ2) is 6.24. The minimum absolute atomic E-state index is 0.0188. The first-order valence-electron chi connectivity index (χ1n) is 6.62. The second-order valence-corrected chi connectivity index (χ2v) is 5.87.